The highest BCUT2D eigenvalue weighted by molar-refractivity contribution is 6.24. The van der Waals surface area contributed by atoms with E-state index in [-0.39, 0.29) is 0 Å². The van der Waals surface area contributed by atoms with Gasteiger partial charge in [0.05, 0.1) is 27.5 Å². The summed E-state index contributed by atoms with van der Waals surface area (Å²) in [5.41, 5.74) is 19.2. The lowest BCUT2D eigenvalue weighted by Crippen LogP contribution is -2.26. The maximum Gasteiger partial charge on any atom is 0.164 e. The van der Waals surface area contributed by atoms with E-state index >= 15 is 0 Å². The summed E-state index contributed by atoms with van der Waals surface area (Å²) in [6.07, 6.45) is 0. The number of aromatic nitrogens is 5. The first-order valence-electron chi connectivity index (χ1n) is 23.6. The Hall–Kier alpha value is -9.19. The van der Waals surface area contributed by atoms with Gasteiger partial charge in [0.15, 0.2) is 17.5 Å². The summed E-state index contributed by atoms with van der Waals surface area (Å²) < 4.78 is 4.99. The number of hydrogen-bond acceptors (Lipinski definition) is 3. The molecule has 3 heterocycles. The van der Waals surface area contributed by atoms with Crippen LogP contribution in [0.4, 0.5) is 0 Å². The first-order valence-corrected chi connectivity index (χ1v) is 23.6. The zero-order valence-corrected chi connectivity index (χ0v) is 37.3. The Bertz CT molecular complexity index is 4170. The maximum atomic E-state index is 5.23. The van der Waals surface area contributed by atoms with Crippen LogP contribution in [0.15, 0.2) is 237 Å². The van der Waals surface area contributed by atoms with E-state index in [1.165, 1.54) is 88.1 Å². The summed E-state index contributed by atoms with van der Waals surface area (Å²) in [6, 6.07) is 85.8. The molecule has 320 valence electrons. The molecule has 0 saturated carbocycles. The van der Waals surface area contributed by atoms with E-state index in [1.54, 1.807) is 0 Å². The van der Waals surface area contributed by atoms with Gasteiger partial charge in [0.25, 0.3) is 0 Å². The van der Waals surface area contributed by atoms with E-state index in [2.05, 4.69) is 209 Å². The molecule has 1 spiro atoms. The molecule has 0 amide bonds. The third kappa shape index (κ3) is 5.27. The van der Waals surface area contributed by atoms with Crippen molar-refractivity contribution in [3.63, 3.8) is 0 Å². The van der Waals surface area contributed by atoms with E-state index in [9.17, 15) is 0 Å². The SMILES string of the molecule is c1ccc(-c2nc(-c3ccccc3)nc(-c3ccc4c(c3)C3(c5ccccc5-4)c4ccccc4-c4ccc(-n5c6ccccc6c6ccc7c8ccccc8n(-c8ccccc8)c7c65)cc43)n2)cc1. The van der Waals surface area contributed by atoms with Crippen LogP contribution in [0.2, 0.25) is 0 Å². The van der Waals surface area contributed by atoms with Gasteiger partial charge in [0.2, 0.25) is 0 Å². The molecule has 3 aromatic heterocycles. The summed E-state index contributed by atoms with van der Waals surface area (Å²) in [6.45, 7) is 0. The van der Waals surface area contributed by atoms with Crippen molar-refractivity contribution < 1.29 is 0 Å². The predicted octanol–water partition coefficient (Wildman–Crippen LogP) is 15.4. The van der Waals surface area contributed by atoms with E-state index in [4.69, 9.17) is 15.0 Å². The largest absolute Gasteiger partial charge is 0.307 e. The Labute approximate surface area is 397 Å². The van der Waals surface area contributed by atoms with Gasteiger partial charge in [-0.25, -0.2) is 15.0 Å². The fourth-order valence-electron chi connectivity index (χ4n) is 12.0. The fourth-order valence-corrected chi connectivity index (χ4v) is 12.0. The number of para-hydroxylation sites is 3. The lowest BCUT2D eigenvalue weighted by molar-refractivity contribution is 0.792. The minimum Gasteiger partial charge on any atom is -0.307 e. The van der Waals surface area contributed by atoms with Gasteiger partial charge >= 0.3 is 0 Å². The Morgan fingerprint density at radius 1 is 0.275 bits per heavy atom. The van der Waals surface area contributed by atoms with E-state index in [0.717, 1.165) is 28.1 Å². The van der Waals surface area contributed by atoms with Gasteiger partial charge in [-0.15, -0.1) is 0 Å². The lowest BCUT2D eigenvalue weighted by atomic mass is 9.70. The Kier molecular flexibility index (Phi) is 7.93. The quantitative estimate of drug-likeness (QED) is 0.173. The van der Waals surface area contributed by atoms with Crippen LogP contribution in [0.25, 0.3) is 111 Å². The van der Waals surface area contributed by atoms with Crippen molar-refractivity contribution in [3.8, 4) is 67.8 Å². The van der Waals surface area contributed by atoms with Crippen molar-refractivity contribution in [1.82, 2.24) is 24.1 Å². The monoisotopic (exact) mass is 877 g/mol. The summed E-state index contributed by atoms with van der Waals surface area (Å²) in [4.78, 5) is 15.5. The van der Waals surface area contributed by atoms with Gasteiger partial charge in [-0.05, 0) is 87.0 Å². The van der Waals surface area contributed by atoms with Crippen molar-refractivity contribution in [3.05, 3.63) is 259 Å². The van der Waals surface area contributed by atoms with E-state index in [0.29, 0.717) is 17.5 Å². The van der Waals surface area contributed by atoms with Crippen LogP contribution < -0.4 is 0 Å². The van der Waals surface area contributed by atoms with E-state index in [1.807, 2.05) is 36.4 Å². The molecule has 2 aliphatic rings. The molecule has 10 aromatic carbocycles. The Morgan fingerprint density at radius 2 is 0.696 bits per heavy atom. The predicted molar refractivity (Wildman–Crippen MR) is 281 cm³/mol. The molecular weight excluding hydrogens is 839 g/mol. The molecule has 5 nitrogen and oxygen atoms in total. The molecule has 0 fully saturated rings. The molecule has 0 N–H and O–H groups in total. The van der Waals surface area contributed by atoms with E-state index < -0.39 is 5.41 Å². The van der Waals surface area contributed by atoms with Crippen LogP contribution in [0, 0.1) is 0 Å². The van der Waals surface area contributed by atoms with Crippen molar-refractivity contribution in [1.29, 1.82) is 0 Å². The van der Waals surface area contributed by atoms with Crippen molar-refractivity contribution in [2.45, 2.75) is 5.41 Å². The first-order chi connectivity index (χ1) is 34.2. The minimum absolute atomic E-state index is 0.631. The maximum absolute atomic E-state index is 5.23. The van der Waals surface area contributed by atoms with Crippen molar-refractivity contribution in [2.75, 3.05) is 0 Å². The van der Waals surface area contributed by atoms with Crippen molar-refractivity contribution >= 4 is 43.6 Å². The minimum atomic E-state index is -0.631. The number of nitrogens with zero attached hydrogens (tertiary/aromatic N) is 5. The molecule has 69 heavy (non-hydrogen) atoms. The van der Waals surface area contributed by atoms with Gasteiger partial charge < -0.3 is 9.13 Å². The third-order valence-electron chi connectivity index (χ3n) is 14.8. The molecule has 0 aliphatic heterocycles. The van der Waals surface area contributed by atoms with Gasteiger partial charge in [0.1, 0.15) is 0 Å². The number of hydrogen-bond donors (Lipinski definition) is 0. The highest BCUT2D eigenvalue weighted by atomic mass is 15.1. The summed E-state index contributed by atoms with van der Waals surface area (Å²) >= 11 is 0. The summed E-state index contributed by atoms with van der Waals surface area (Å²) in [5, 5.41) is 4.91. The van der Waals surface area contributed by atoms with Crippen LogP contribution in [0.3, 0.4) is 0 Å². The van der Waals surface area contributed by atoms with Crippen LogP contribution in [0.1, 0.15) is 22.3 Å². The average molecular weight is 878 g/mol. The van der Waals surface area contributed by atoms with Gasteiger partial charge in [0, 0.05) is 49.6 Å². The van der Waals surface area contributed by atoms with Gasteiger partial charge in [-0.2, -0.15) is 0 Å². The Morgan fingerprint density at radius 3 is 1.26 bits per heavy atom. The summed E-state index contributed by atoms with van der Waals surface area (Å²) in [7, 11) is 0. The number of rotatable bonds is 5. The second-order valence-electron chi connectivity index (χ2n) is 18.3. The summed E-state index contributed by atoms with van der Waals surface area (Å²) in [5.74, 6) is 1.93. The van der Waals surface area contributed by atoms with Crippen LogP contribution in [-0.4, -0.2) is 24.1 Å². The smallest absolute Gasteiger partial charge is 0.164 e. The number of fused-ring (bicyclic) bond motifs is 17. The topological polar surface area (TPSA) is 48.5 Å². The van der Waals surface area contributed by atoms with Crippen molar-refractivity contribution in [2.24, 2.45) is 0 Å². The third-order valence-corrected chi connectivity index (χ3v) is 14.8. The highest BCUT2D eigenvalue weighted by Crippen LogP contribution is 2.63. The zero-order chi connectivity index (χ0) is 45.2. The normalized spacial score (nSPS) is 14.4. The first kappa shape index (κ1) is 38.0. The molecular formula is C64H39N5. The molecule has 15 rings (SSSR count). The molecule has 0 bridgehead atoms. The second kappa shape index (κ2) is 14.4. The van der Waals surface area contributed by atoms with Gasteiger partial charge in [-0.3, -0.25) is 0 Å². The average Bonchev–Trinajstić information content (AvgIpc) is 4.13. The van der Waals surface area contributed by atoms with Crippen LogP contribution in [-0.2, 0) is 5.41 Å². The van der Waals surface area contributed by atoms with Crippen LogP contribution in [0.5, 0.6) is 0 Å². The molecule has 0 saturated heterocycles. The number of benzene rings is 10. The molecule has 13 aromatic rings. The van der Waals surface area contributed by atoms with Crippen LogP contribution >= 0.6 is 0 Å². The zero-order valence-electron chi connectivity index (χ0n) is 37.3. The molecule has 2 aliphatic carbocycles. The molecule has 0 radical (unpaired) electrons. The fraction of sp³-hybridized carbons (Fsp3) is 0.0156. The molecule has 1 unspecified atom stereocenters. The second-order valence-corrected chi connectivity index (χ2v) is 18.3. The molecule has 1 atom stereocenters. The highest BCUT2D eigenvalue weighted by Gasteiger charge is 2.52. The lowest BCUT2D eigenvalue weighted by Gasteiger charge is -2.31. The molecule has 5 heteroatoms. The Balaban J connectivity index is 1.02. The van der Waals surface area contributed by atoms with Gasteiger partial charge in [-0.1, -0.05) is 194 Å². The standard InChI is InChI=1S/C64H39N5/c1-4-18-40(19-5-1)61-65-62(41-20-6-2-7-21-41)67-63(66-61)42-32-34-47-45-24-10-14-28-53(45)64(55(47)38-42)54-29-15-11-25-46(54)48-35-33-44(39-56(48)64)69-58-31-17-13-27-50(58)52-37-36-51-49-26-12-16-30-57(49)68(59(51)60(52)69)43-22-8-3-9-23-43/h1-39H.